The average Bonchev–Trinajstić information content (AvgIpc) is 3.36. The highest BCUT2D eigenvalue weighted by Crippen LogP contribution is 2.54. The van der Waals surface area contributed by atoms with Crippen LogP contribution in [0, 0.1) is 39.2 Å². The quantitative estimate of drug-likeness (QED) is 0.339. The molecule has 1 aromatic carbocycles. The second-order valence-corrected chi connectivity index (χ2v) is 8.61. The van der Waals surface area contributed by atoms with Gasteiger partial charge in [-0.05, 0) is 30.4 Å². The van der Waals surface area contributed by atoms with Crippen LogP contribution in [0.1, 0.15) is 23.7 Å². The van der Waals surface area contributed by atoms with Crippen LogP contribution >= 0.6 is 0 Å². The van der Waals surface area contributed by atoms with Gasteiger partial charge in [0.25, 0.3) is 5.69 Å². The van der Waals surface area contributed by atoms with Gasteiger partial charge in [-0.2, -0.15) is 5.26 Å². The lowest BCUT2D eigenvalue weighted by atomic mass is 9.81. The Morgan fingerprint density at radius 1 is 1.38 bits per heavy atom. The molecule has 134 valence electrons. The summed E-state index contributed by atoms with van der Waals surface area (Å²) in [6.07, 6.45) is 1.53. The van der Waals surface area contributed by atoms with Crippen LogP contribution in [0.3, 0.4) is 0 Å². The van der Waals surface area contributed by atoms with Gasteiger partial charge in [0.2, 0.25) is 5.78 Å². The van der Waals surface area contributed by atoms with Crippen molar-refractivity contribution in [3.8, 4) is 6.07 Å². The van der Waals surface area contributed by atoms with Crippen LogP contribution in [0.5, 0.6) is 0 Å². The number of ketones is 2. The molecule has 1 fully saturated rings. The fourth-order valence-electron chi connectivity index (χ4n) is 3.43. The average molecular weight is 374 g/mol. The first-order valence-electron chi connectivity index (χ1n) is 7.79. The maximum absolute atomic E-state index is 12.9. The van der Waals surface area contributed by atoms with E-state index < -0.39 is 43.5 Å². The van der Waals surface area contributed by atoms with Gasteiger partial charge in [-0.25, -0.2) is 8.42 Å². The number of carbonyl (C=O) groups is 2. The smallest absolute Gasteiger partial charge is 0.281 e. The first kappa shape index (κ1) is 17.9. The van der Waals surface area contributed by atoms with E-state index in [0.29, 0.717) is 6.42 Å². The normalized spacial score (nSPS) is 24.7. The number of allylic oxidation sites excluding steroid dienone is 2. The minimum Gasteiger partial charge on any atom is -0.294 e. The largest absolute Gasteiger partial charge is 0.294 e. The maximum Gasteiger partial charge on any atom is 0.281 e. The van der Waals surface area contributed by atoms with Crippen LogP contribution in [0.2, 0.25) is 0 Å². The van der Waals surface area contributed by atoms with Crippen LogP contribution in [-0.4, -0.2) is 31.2 Å². The summed E-state index contributed by atoms with van der Waals surface area (Å²) in [5.41, 5.74) is -1.34. The van der Waals surface area contributed by atoms with Gasteiger partial charge in [0.05, 0.1) is 21.5 Å². The highest BCUT2D eigenvalue weighted by Gasteiger charge is 2.53. The molecule has 3 atom stereocenters. The summed E-state index contributed by atoms with van der Waals surface area (Å²) in [5, 5.41) is 20.7. The second-order valence-electron chi connectivity index (χ2n) is 6.60. The SMILES string of the molecule is CC1C(=O)C(C(=O)c2ccc(S(C)(=O)=O)cc2[N+](=O)[O-])=C(C#N)C2CC12. The molecule has 2 aliphatic rings. The Morgan fingerprint density at radius 2 is 2.04 bits per heavy atom. The molecule has 3 unspecified atom stereocenters. The summed E-state index contributed by atoms with van der Waals surface area (Å²) in [4.78, 5) is 35.6. The molecule has 0 amide bonds. The van der Waals surface area contributed by atoms with Crippen molar-refractivity contribution in [1.29, 1.82) is 5.26 Å². The lowest BCUT2D eigenvalue weighted by Gasteiger charge is -2.19. The van der Waals surface area contributed by atoms with E-state index in [0.717, 1.165) is 24.5 Å². The van der Waals surface area contributed by atoms with E-state index in [1.807, 2.05) is 6.07 Å². The van der Waals surface area contributed by atoms with Gasteiger partial charge in [-0.15, -0.1) is 0 Å². The number of hydrogen-bond acceptors (Lipinski definition) is 7. The standard InChI is InChI=1S/C17H14N2O6S/c1-8-11-6-12(11)13(7-18)15(16(8)20)17(21)10-4-3-9(26(2,24)25)5-14(10)19(22)23/h3-5,8,11-12H,6H2,1-2H3. The van der Waals surface area contributed by atoms with Gasteiger partial charge in [0.15, 0.2) is 15.6 Å². The molecular formula is C17H14N2O6S. The number of hydrogen-bond donors (Lipinski definition) is 0. The molecule has 8 nitrogen and oxygen atoms in total. The zero-order valence-corrected chi connectivity index (χ0v) is 14.7. The molecule has 0 heterocycles. The number of Topliss-reactive ketones (excluding diaryl/α,β-unsaturated/α-hetero) is 2. The number of benzene rings is 1. The predicted molar refractivity (Wildman–Crippen MR) is 88.9 cm³/mol. The Morgan fingerprint density at radius 3 is 2.58 bits per heavy atom. The van der Waals surface area contributed by atoms with E-state index in [4.69, 9.17) is 0 Å². The summed E-state index contributed by atoms with van der Waals surface area (Å²) in [7, 11) is -3.71. The lowest BCUT2D eigenvalue weighted by molar-refractivity contribution is -0.385. The molecule has 26 heavy (non-hydrogen) atoms. The third-order valence-electron chi connectivity index (χ3n) is 4.97. The number of sulfone groups is 1. The first-order valence-corrected chi connectivity index (χ1v) is 9.68. The molecule has 1 saturated carbocycles. The van der Waals surface area contributed by atoms with Crippen molar-refractivity contribution >= 4 is 27.1 Å². The van der Waals surface area contributed by atoms with Crippen molar-refractivity contribution in [2.45, 2.75) is 18.2 Å². The van der Waals surface area contributed by atoms with Crippen molar-refractivity contribution in [3.63, 3.8) is 0 Å². The van der Waals surface area contributed by atoms with Crippen molar-refractivity contribution in [1.82, 2.24) is 0 Å². The fraction of sp³-hybridized carbons (Fsp3) is 0.353. The van der Waals surface area contributed by atoms with E-state index in [-0.39, 0.29) is 27.9 Å². The Labute approximate surface area is 149 Å². The molecule has 0 aromatic heterocycles. The number of carbonyl (C=O) groups excluding carboxylic acids is 2. The highest BCUT2D eigenvalue weighted by molar-refractivity contribution is 7.90. The van der Waals surface area contributed by atoms with Crippen molar-refractivity contribution in [3.05, 3.63) is 45.0 Å². The minimum atomic E-state index is -3.71. The molecule has 2 aliphatic carbocycles. The van der Waals surface area contributed by atoms with Crippen molar-refractivity contribution < 1.29 is 22.9 Å². The van der Waals surface area contributed by atoms with Gasteiger partial charge in [0, 0.05) is 23.8 Å². The summed E-state index contributed by atoms with van der Waals surface area (Å²) in [5.74, 6) is -1.95. The van der Waals surface area contributed by atoms with E-state index in [1.54, 1.807) is 6.92 Å². The second kappa shape index (κ2) is 5.85. The molecular weight excluding hydrogens is 360 g/mol. The molecule has 0 aliphatic heterocycles. The molecule has 0 spiro atoms. The molecule has 3 rings (SSSR count). The lowest BCUT2D eigenvalue weighted by Crippen LogP contribution is -2.28. The predicted octanol–water partition coefficient (Wildman–Crippen LogP) is 1.86. The van der Waals surface area contributed by atoms with Crippen molar-refractivity contribution in [2.75, 3.05) is 6.26 Å². The summed E-state index contributed by atoms with van der Waals surface area (Å²) in [6, 6.07) is 4.81. The van der Waals surface area contributed by atoms with Crippen LogP contribution in [-0.2, 0) is 14.6 Å². The van der Waals surface area contributed by atoms with E-state index in [1.165, 1.54) is 0 Å². The van der Waals surface area contributed by atoms with Crippen LogP contribution in [0.25, 0.3) is 0 Å². The Kier molecular flexibility index (Phi) is 4.04. The monoisotopic (exact) mass is 374 g/mol. The number of nitro groups is 1. The third kappa shape index (κ3) is 2.72. The molecule has 9 heteroatoms. The van der Waals surface area contributed by atoms with Crippen LogP contribution < -0.4 is 0 Å². The summed E-state index contributed by atoms with van der Waals surface area (Å²) in [6.45, 7) is 1.68. The molecule has 0 radical (unpaired) electrons. The molecule has 0 saturated heterocycles. The Hall–Kier alpha value is -2.86. The maximum atomic E-state index is 12.9. The van der Waals surface area contributed by atoms with Crippen LogP contribution in [0.4, 0.5) is 5.69 Å². The zero-order valence-electron chi connectivity index (χ0n) is 13.9. The molecule has 1 aromatic rings. The number of fused-ring (bicyclic) bond motifs is 1. The van der Waals surface area contributed by atoms with Gasteiger partial charge < -0.3 is 0 Å². The topological polar surface area (TPSA) is 135 Å². The number of nitriles is 1. The number of nitro benzene ring substituents is 1. The zero-order chi connectivity index (χ0) is 19.4. The van der Waals surface area contributed by atoms with Gasteiger partial charge in [0.1, 0.15) is 5.56 Å². The minimum absolute atomic E-state index is 0.0382. The molecule has 0 bridgehead atoms. The highest BCUT2D eigenvalue weighted by atomic mass is 32.2. The van der Waals surface area contributed by atoms with Crippen LogP contribution in [0.15, 0.2) is 34.2 Å². The summed E-state index contributed by atoms with van der Waals surface area (Å²) >= 11 is 0. The van der Waals surface area contributed by atoms with Gasteiger partial charge >= 0.3 is 0 Å². The van der Waals surface area contributed by atoms with Crippen molar-refractivity contribution in [2.24, 2.45) is 17.8 Å². The number of rotatable bonds is 4. The first-order chi connectivity index (χ1) is 12.1. The Bertz CT molecular complexity index is 1050. The molecule has 0 N–H and O–H groups in total. The third-order valence-corrected chi connectivity index (χ3v) is 6.08. The van der Waals surface area contributed by atoms with E-state index in [9.17, 15) is 33.4 Å². The Balaban J connectivity index is 2.18. The van der Waals surface area contributed by atoms with Gasteiger partial charge in [-0.1, -0.05) is 6.92 Å². The van der Waals surface area contributed by atoms with E-state index >= 15 is 0 Å². The fourth-order valence-corrected chi connectivity index (χ4v) is 4.07. The number of nitrogens with zero attached hydrogens (tertiary/aromatic N) is 2. The summed E-state index contributed by atoms with van der Waals surface area (Å²) < 4.78 is 23.2. The van der Waals surface area contributed by atoms with Gasteiger partial charge in [-0.3, -0.25) is 19.7 Å². The van der Waals surface area contributed by atoms with E-state index in [2.05, 4.69) is 0 Å².